The first kappa shape index (κ1) is 22.0. The Bertz CT molecular complexity index is 1090. The fourth-order valence-electron chi connectivity index (χ4n) is 7.39. The lowest BCUT2D eigenvalue weighted by atomic mass is 9.53. The van der Waals surface area contributed by atoms with E-state index in [9.17, 15) is 14.9 Å². The normalized spacial score (nSPS) is 30.6. The zero-order valence-electron chi connectivity index (χ0n) is 19.2. The quantitative estimate of drug-likeness (QED) is 0.467. The van der Waals surface area contributed by atoms with Crippen LogP contribution in [-0.2, 0) is 12.1 Å². The molecule has 2 heterocycles. The number of nitro groups is 1. The fraction of sp³-hybridized carbons (Fsp3) is 0.600. The Morgan fingerprint density at radius 1 is 1.09 bits per heavy atom. The van der Waals surface area contributed by atoms with Crippen molar-refractivity contribution in [1.29, 1.82) is 0 Å². The molecule has 0 radical (unpaired) electrons. The van der Waals surface area contributed by atoms with Gasteiger partial charge in [0.05, 0.1) is 10.5 Å². The maximum Gasteiger partial charge on any atom is 0.320 e. The number of halogens is 1. The molecule has 1 aromatic carbocycles. The number of piperazine rings is 1. The highest BCUT2D eigenvalue weighted by atomic mass is 35.5. The minimum absolute atomic E-state index is 0.00374. The number of hydrogen-bond acceptors (Lipinski definition) is 5. The average molecular weight is 484 g/mol. The molecule has 34 heavy (non-hydrogen) atoms. The number of nitrogens with zero attached hydrogens (tertiary/aromatic N) is 5. The van der Waals surface area contributed by atoms with Crippen molar-refractivity contribution < 1.29 is 9.72 Å². The predicted octanol–water partition coefficient (Wildman–Crippen LogP) is 4.33. The Balaban J connectivity index is 1.18. The van der Waals surface area contributed by atoms with Gasteiger partial charge in [-0.1, -0.05) is 23.7 Å². The standard InChI is InChI=1S/C25H30ClN5O3/c26-21-3-1-2-17(11-21)15-28-4-6-29(7-5-28)24(32)23-22(31(33)34)16-30(27-23)25-12-18-8-19(13-25)10-20(9-18)14-25/h1-3,11,16,18-20H,4-10,12-15H2. The molecule has 1 aliphatic heterocycles. The average Bonchev–Trinajstić information content (AvgIpc) is 3.25. The van der Waals surface area contributed by atoms with E-state index in [4.69, 9.17) is 11.6 Å². The molecule has 1 amide bonds. The van der Waals surface area contributed by atoms with Crippen LogP contribution in [0.25, 0.3) is 0 Å². The molecule has 180 valence electrons. The van der Waals surface area contributed by atoms with Crippen LogP contribution in [0.3, 0.4) is 0 Å². The van der Waals surface area contributed by atoms with Gasteiger partial charge in [-0.05, 0) is 74.0 Å². The Morgan fingerprint density at radius 3 is 2.32 bits per heavy atom. The molecule has 2 aromatic rings. The second kappa shape index (κ2) is 8.34. The molecule has 0 unspecified atom stereocenters. The van der Waals surface area contributed by atoms with E-state index in [1.54, 1.807) is 11.1 Å². The number of hydrogen-bond donors (Lipinski definition) is 0. The maximum absolute atomic E-state index is 13.4. The summed E-state index contributed by atoms with van der Waals surface area (Å²) in [5.74, 6) is 1.77. The van der Waals surface area contributed by atoms with Crippen molar-refractivity contribution in [3.05, 3.63) is 56.9 Å². The van der Waals surface area contributed by atoms with Gasteiger partial charge in [0, 0.05) is 37.7 Å². The highest BCUT2D eigenvalue weighted by molar-refractivity contribution is 6.30. The second-order valence-corrected chi connectivity index (χ2v) is 11.3. The van der Waals surface area contributed by atoms with Crippen LogP contribution >= 0.6 is 11.6 Å². The van der Waals surface area contributed by atoms with Crippen molar-refractivity contribution in [3.63, 3.8) is 0 Å². The summed E-state index contributed by atoms with van der Waals surface area (Å²) in [5.41, 5.74) is 0.844. The predicted molar refractivity (Wildman–Crippen MR) is 128 cm³/mol. The minimum atomic E-state index is -0.438. The van der Waals surface area contributed by atoms with Crippen molar-refractivity contribution in [3.8, 4) is 0 Å². The largest absolute Gasteiger partial charge is 0.334 e. The topological polar surface area (TPSA) is 84.5 Å². The van der Waals surface area contributed by atoms with Gasteiger partial charge in [-0.25, -0.2) is 0 Å². The van der Waals surface area contributed by atoms with Crippen LogP contribution < -0.4 is 0 Å². The summed E-state index contributed by atoms with van der Waals surface area (Å²) >= 11 is 6.10. The molecular formula is C25H30ClN5O3. The molecule has 9 heteroatoms. The zero-order valence-corrected chi connectivity index (χ0v) is 20.0. The van der Waals surface area contributed by atoms with Gasteiger partial charge in [-0.3, -0.25) is 24.5 Å². The summed E-state index contributed by atoms with van der Waals surface area (Å²) in [6, 6.07) is 7.80. The summed E-state index contributed by atoms with van der Waals surface area (Å²) in [6.45, 7) is 3.24. The molecule has 4 saturated carbocycles. The van der Waals surface area contributed by atoms with E-state index in [0.717, 1.165) is 31.4 Å². The van der Waals surface area contributed by atoms with Crippen molar-refractivity contribution >= 4 is 23.2 Å². The van der Waals surface area contributed by atoms with E-state index in [0.29, 0.717) is 49.0 Å². The molecule has 0 spiro atoms. The van der Waals surface area contributed by atoms with E-state index < -0.39 is 4.92 Å². The lowest BCUT2D eigenvalue weighted by molar-refractivity contribution is -0.385. The van der Waals surface area contributed by atoms with E-state index in [1.807, 2.05) is 28.9 Å². The Hall–Kier alpha value is -2.45. The Labute approximate surface area is 204 Å². The highest BCUT2D eigenvalue weighted by Crippen LogP contribution is 2.58. The summed E-state index contributed by atoms with van der Waals surface area (Å²) in [5, 5.41) is 17.3. The van der Waals surface area contributed by atoms with Gasteiger partial charge in [0.1, 0.15) is 6.20 Å². The van der Waals surface area contributed by atoms with Crippen LogP contribution in [0.2, 0.25) is 5.02 Å². The third-order valence-electron chi connectivity index (χ3n) is 8.54. The van der Waals surface area contributed by atoms with Crippen LogP contribution in [-0.4, -0.2) is 56.6 Å². The summed E-state index contributed by atoms with van der Waals surface area (Å²) < 4.78 is 1.83. The van der Waals surface area contributed by atoms with Crippen LogP contribution in [0.4, 0.5) is 5.69 Å². The lowest BCUT2D eigenvalue weighted by Gasteiger charge is -2.56. The second-order valence-electron chi connectivity index (χ2n) is 10.9. The summed E-state index contributed by atoms with van der Waals surface area (Å²) in [6.07, 6.45) is 8.51. The summed E-state index contributed by atoms with van der Waals surface area (Å²) in [7, 11) is 0. The monoisotopic (exact) mass is 483 g/mol. The van der Waals surface area contributed by atoms with Crippen LogP contribution in [0, 0.1) is 27.9 Å². The smallest absolute Gasteiger partial charge is 0.320 e. The highest BCUT2D eigenvalue weighted by Gasteiger charge is 2.53. The van der Waals surface area contributed by atoms with Crippen molar-refractivity contribution in [1.82, 2.24) is 19.6 Å². The first-order chi connectivity index (χ1) is 16.4. The lowest BCUT2D eigenvalue weighted by Crippen LogP contribution is -2.52. The molecule has 1 saturated heterocycles. The van der Waals surface area contributed by atoms with Gasteiger partial charge in [0.2, 0.25) is 5.69 Å². The molecule has 7 rings (SSSR count). The van der Waals surface area contributed by atoms with E-state index in [1.165, 1.54) is 19.3 Å². The summed E-state index contributed by atoms with van der Waals surface area (Å²) in [4.78, 5) is 28.8. The molecule has 4 aliphatic carbocycles. The Morgan fingerprint density at radius 2 is 1.74 bits per heavy atom. The third-order valence-corrected chi connectivity index (χ3v) is 8.78. The van der Waals surface area contributed by atoms with Crippen LogP contribution in [0.5, 0.6) is 0 Å². The number of benzene rings is 1. The molecule has 0 N–H and O–H groups in total. The molecule has 1 aromatic heterocycles. The number of carbonyl (C=O) groups is 1. The van der Waals surface area contributed by atoms with Gasteiger partial charge in [0.15, 0.2) is 0 Å². The van der Waals surface area contributed by atoms with Gasteiger partial charge in [-0.2, -0.15) is 5.10 Å². The fourth-order valence-corrected chi connectivity index (χ4v) is 7.60. The molecule has 0 atom stereocenters. The van der Waals surface area contributed by atoms with Crippen LogP contribution in [0.15, 0.2) is 30.5 Å². The van der Waals surface area contributed by atoms with Crippen LogP contribution in [0.1, 0.15) is 54.6 Å². The van der Waals surface area contributed by atoms with Gasteiger partial charge >= 0.3 is 5.69 Å². The molecule has 8 nitrogen and oxygen atoms in total. The number of amides is 1. The Kier molecular flexibility index (Phi) is 5.41. The van der Waals surface area contributed by atoms with Crippen molar-refractivity contribution in [2.75, 3.05) is 26.2 Å². The first-order valence-electron chi connectivity index (χ1n) is 12.4. The number of carbonyl (C=O) groups excluding carboxylic acids is 1. The van der Waals surface area contributed by atoms with Gasteiger partial charge in [0.25, 0.3) is 5.91 Å². The van der Waals surface area contributed by atoms with Gasteiger partial charge in [-0.15, -0.1) is 0 Å². The number of rotatable bonds is 5. The van der Waals surface area contributed by atoms with E-state index >= 15 is 0 Å². The van der Waals surface area contributed by atoms with E-state index in [2.05, 4.69) is 10.00 Å². The van der Waals surface area contributed by atoms with Crippen molar-refractivity contribution in [2.24, 2.45) is 17.8 Å². The SMILES string of the molecule is O=C(c1nn(C23CC4CC(CC(C4)C2)C3)cc1[N+](=O)[O-])N1CCN(Cc2cccc(Cl)c2)CC1. The number of aromatic nitrogens is 2. The molecule has 4 bridgehead atoms. The zero-order chi connectivity index (χ0) is 23.4. The minimum Gasteiger partial charge on any atom is -0.334 e. The van der Waals surface area contributed by atoms with E-state index in [-0.39, 0.29) is 22.8 Å². The van der Waals surface area contributed by atoms with Gasteiger partial charge < -0.3 is 4.90 Å². The molecular weight excluding hydrogens is 454 g/mol. The maximum atomic E-state index is 13.4. The molecule has 5 aliphatic rings. The first-order valence-corrected chi connectivity index (χ1v) is 12.8. The molecule has 5 fully saturated rings. The third kappa shape index (κ3) is 3.90. The van der Waals surface area contributed by atoms with Crippen molar-refractivity contribution in [2.45, 2.75) is 50.6 Å².